The smallest absolute Gasteiger partial charge is 0.317 e. The van der Waals surface area contributed by atoms with Crippen molar-refractivity contribution < 1.29 is 4.79 Å². The number of nitrogens with zero attached hydrogens (tertiary/aromatic N) is 3. The average molecular weight is 327 g/mol. The predicted molar refractivity (Wildman–Crippen MR) is 92.5 cm³/mol. The maximum atomic E-state index is 12.4. The van der Waals surface area contributed by atoms with Crippen LogP contribution in [0.15, 0.2) is 30.7 Å². The summed E-state index contributed by atoms with van der Waals surface area (Å²) in [5.74, 6) is 1.43. The SMILES string of the molecule is Cc1cnc([C@H](C)NC(=O)N2CCC(Cc3cccnc3)CC2)[nH]1. The molecule has 0 saturated carbocycles. The molecular weight excluding hydrogens is 302 g/mol. The number of aromatic amines is 1. The first kappa shape index (κ1) is 16.5. The monoisotopic (exact) mass is 327 g/mol. The average Bonchev–Trinajstić information content (AvgIpc) is 3.03. The minimum atomic E-state index is -0.112. The molecule has 6 heteroatoms. The van der Waals surface area contributed by atoms with Crippen LogP contribution in [-0.2, 0) is 6.42 Å². The van der Waals surface area contributed by atoms with Crippen LogP contribution in [0, 0.1) is 12.8 Å². The molecule has 1 saturated heterocycles. The van der Waals surface area contributed by atoms with Crippen LogP contribution in [0.4, 0.5) is 4.79 Å². The number of piperidine rings is 1. The summed E-state index contributed by atoms with van der Waals surface area (Å²) in [6.45, 7) is 5.52. The molecule has 0 bridgehead atoms. The van der Waals surface area contributed by atoms with Crippen molar-refractivity contribution >= 4 is 6.03 Å². The van der Waals surface area contributed by atoms with Crippen molar-refractivity contribution in [3.05, 3.63) is 47.8 Å². The molecule has 2 aromatic rings. The number of urea groups is 1. The number of imidazole rings is 1. The third-order valence-corrected chi connectivity index (χ3v) is 4.62. The number of rotatable bonds is 4. The molecule has 0 radical (unpaired) electrons. The number of aromatic nitrogens is 3. The van der Waals surface area contributed by atoms with Crippen molar-refractivity contribution in [3.8, 4) is 0 Å². The first-order valence-electron chi connectivity index (χ1n) is 8.57. The van der Waals surface area contributed by atoms with E-state index >= 15 is 0 Å². The Kier molecular flexibility index (Phi) is 5.13. The van der Waals surface area contributed by atoms with Crippen molar-refractivity contribution in [2.24, 2.45) is 5.92 Å². The van der Waals surface area contributed by atoms with E-state index in [0.717, 1.165) is 43.9 Å². The highest BCUT2D eigenvalue weighted by atomic mass is 16.2. The highest BCUT2D eigenvalue weighted by Crippen LogP contribution is 2.21. The molecule has 1 aliphatic rings. The summed E-state index contributed by atoms with van der Waals surface area (Å²) in [7, 11) is 0. The number of hydrogen-bond donors (Lipinski definition) is 2. The lowest BCUT2D eigenvalue weighted by atomic mass is 9.91. The Morgan fingerprint density at radius 2 is 2.21 bits per heavy atom. The van der Waals surface area contributed by atoms with E-state index in [1.165, 1.54) is 5.56 Å². The summed E-state index contributed by atoms with van der Waals surface area (Å²) in [5.41, 5.74) is 2.28. The van der Waals surface area contributed by atoms with E-state index in [9.17, 15) is 4.79 Å². The maximum absolute atomic E-state index is 12.4. The van der Waals surface area contributed by atoms with Gasteiger partial charge in [-0.15, -0.1) is 0 Å². The molecule has 2 N–H and O–H groups in total. The van der Waals surface area contributed by atoms with Crippen molar-refractivity contribution in [2.75, 3.05) is 13.1 Å². The number of amides is 2. The fourth-order valence-electron chi connectivity index (χ4n) is 3.19. The highest BCUT2D eigenvalue weighted by Gasteiger charge is 2.24. The molecule has 1 fully saturated rings. The first-order chi connectivity index (χ1) is 11.6. The summed E-state index contributed by atoms with van der Waals surface area (Å²) in [4.78, 5) is 25.9. The normalized spacial score (nSPS) is 16.8. The number of hydrogen-bond acceptors (Lipinski definition) is 3. The van der Waals surface area contributed by atoms with Crippen LogP contribution in [-0.4, -0.2) is 39.0 Å². The molecule has 3 heterocycles. The molecule has 6 nitrogen and oxygen atoms in total. The van der Waals surface area contributed by atoms with Crippen LogP contribution >= 0.6 is 0 Å². The second-order valence-corrected chi connectivity index (χ2v) is 6.62. The number of likely N-dealkylation sites (tertiary alicyclic amines) is 1. The number of nitrogens with one attached hydrogen (secondary N) is 2. The quantitative estimate of drug-likeness (QED) is 0.907. The number of H-pyrrole nitrogens is 1. The summed E-state index contributed by atoms with van der Waals surface area (Å²) >= 11 is 0. The van der Waals surface area contributed by atoms with E-state index in [0.29, 0.717) is 5.92 Å². The Labute approximate surface area is 142 Å². The van der Waals surface area contributed by atoms with Gasteiger partial charge in [-0.1, -0.05) is 6.07 Å². The zero-order valence-electron chi connectivity index (χ0n) is 14.3. The molecule has 0 spiro atoms. The lowest BCUT2D eigenvalue weighted by Gasteiger charge is -2.32. The van der Waals surface area contributed by atoms with E-state index in [4.69, 9.17) is 0 Å². The van der Waals surface area contributed by atoms with Gasteiger partial charge < -0.3 is 15.2 Å². The molecule has 128 valence electrons. The van der Waals surface area contributed by atoms with Gasteiger partial charge in [0.15, 0.2) is 0 Å². The molecule has 1 atom stereocenters. The van der Waals surface area contributed by atoms with Crippen LogP contribution in [0.2, 0.25) is 0 Å². The molecule has 24 heavy (non-hydrogen) atoms. The molecule has 0 aliphatic carbocycles. The first-order valence-corrected chi connectivity index (χ1v) is 8.57. The Morgan fingerprint density at radius 1 is 1.42 bits per heavy atom. The summed E-state index contributed by atoms with van der Waals surface area (Å²) < 4.78 is 0. The third kappa shape index (κ3) is 4.13. The van der Waals surface area contributed by atoms with E-state index in [-0.39, 0.29) is 12.1 Å². The molecule has 3 rings (SSSR count). The number of aryl methyl sites for hydroxylation is 1. The Hall–Kier alpha value is -2.37. The predicted octanol–water partition coefficient (Wildman–Crippen LogP) is 2.84. The van der Waals surface area contributed by atoms with E-state index in [1.54, 1.807) is 12.4 Å². The minimum absolute atomic E-state index is 0.00335. The van der Waals surface area contributed by atoms with E-state index < -0.39 is 0 Å². The lowest BCUT2D eigenvalue weighted by molar-refractivity contribution is 0.167. The van der Waals surface area contributed by atoms with E-state index in [2.05, 4.69) is 26.3 Å². The summed E-state index contributed by atoms with van der Waals surface area (Å²) in [6.07, 6.45) is 8.64. The molecule has 0 unspecified atom stereocenters. The van der Waals surface area contributed by atoms with Gasteiger partial charge in [0.2, 0.25) is 0 Å². The largest absolute Gasteiger partial charge is 0.344 e. The van der Waals surface area contributed by atoms with Gasteiger partial charge >= 0.3 is 6.03 Å². The topological polar surface area (TPSA) is 73.9 Å². The Bertz CT molecular complexity index is 661. The molecule has 1 aliphatic heterocycles. The second-order valence-electron chi connectivity index (χ2n) is 6.62. The maximum Gasteiger partial charge on any atom is 0.317 e. The van der Waals surface area contributed by atoms with Crippen LogP contribution in [0.25, 0.3) is 0 Å². The summed E-state index contributed by atoms with van der Waals surface area (Å²) in [6, 6.07) is 3.99. The van der Waals surface area contributed by atoms with Gasteiger partial charge in [0, 0.05) is 37.4 Å². The van der Waals surface area contributed by atoms with Gasteiger partial charge in [-0.05, 0) is 50.7 Å². The van der Waals surface area contributed by atoms with Crippen molar-refractivity contribution in [3.63, 3.8) is 0 Å². The fourth-order valence-corrected chi connectivity index (χ4v) is 3.19. The zero-order chi connectivity index (χ0) is 16.9. The number of pyridine rings is 1. The molecule has 2 amide bonds. The minimum Gasteiger partial charge on any atom is -0.344 e. The highest BCUT2D eigenvalue weighted by molar-refractivity contribution is 5.74. The van der Waals surface area contributed by atoms with Crippen molar-refractivity contribution in [1.82, 2.24) is 25.2 Å². The molecule has 2 aromatic heterocycles. The Balaban J connectivity index is 1.46. The standard InChI is InChI=1S/C18H25N5O/c1-13-11-20-17(21-13)14(2)22-18(24)23-8-5-15(6-9-23)10-16-4-3-7-19-12-16/h3-4,7,11-12,14-15H,5-6,8-10H2,1-2H3,(H,20,21)(H,22,24)/t14-/m0/s1. The van der Waals surface area contributed by atoms with Crippen LogP contribution < -0.4 is 5.32 Å². The van der Waals surface area contributed by atoms with Crippen molar-refractivity contribution in [1.29, 1.82) is 0 Å². The van der Waals surface area contributed by atoms with Gasteiger partial charge in [-0.25, -0.2) is 9.78 Å². The van der Waals surface area contributed by atoms with Gasteiger partial charge in [0.1, 0.15) is 5.82 Å². The molecular formula is C18H25N5O. The van der Waals surface area contributed by atoms with Crippen molar-refractivity contribution in [2.45, 2.75) is 39.2 Å². The van der Waals surface area contributed by atoms with Gasteiger partial charge in [-0.2, -0.15) is 0 Å². The van der Waals surface area contributed by atoms with Crippen LogP contribution in [0.5, 0.6) is 0 Å². The van der Waals surface area contributed by atoms with Gasteiger partial charge in [0.05, 0.1) is 6.04 Å². The number of carbonyl (C=O) groups excluding carboxylic acids is 1. The number of carbonyl (C=O) groups is 1. The molecule has 0 aromatic carbocycles. The fraction of sp³-hybridized carbons (Fsp3) is 0.500. The summed E-state index contributed by atoms with van der Waals surface area (Å²) in [5, 5.41) is 3.03. The Morgan fingerprint density at radius 3 is 2.83 bits per heavy atom. The van der Waals surface area contributed by atoms with Gasteiger partial charge in [-0.3, -0.25) is 4.98 Å². The third-order valence-electron chi connectivity index (χ3n) is 4.62. The van der Waals surface area contributed by atoms with Gasteiger partial charge in [0.25, 0.3) is 0 Å². The zero-order valence-corrected chi connectivity index (χ0v) is 14.3. The second kappa shape index (κ2) is 7.47. The van der Waals surface area contributed by atoms with Crippen LogP contribution in [0.3, 0.4) is 0 Å². The lowest BCUT2D eigenvalue weighted by Crippen LogP contribution is -2.45. The van der Waals surface area contributed by atoms with E-state index in [1.807, 2.05) is 31.0 Å². The van der Waals surface area contributed by atoms with Crippen LogP contribution in [0.1, 0.15) is 42.9 Å².